The van der Waals surface area contributed by atoms with Gasteiger partial charge in [-0.25, -0.2) is 14.4 Å². The standard InChI is InChI=1S/C23H29N3O3.C13H15NO.C10H14N2O2.ClH/c1-4-29-22(27)21(11-16-7-6-10-24-14-16)26-23(28)25-20-13-18-9-5-8-17(18)12-19(20)15(2)3;1-9(2)12-6-10-4-3-5-11(10)7-13(12)14-8-15;1-2-14-10(13)9(11)6-8-4-3-5-12-7-8;/h6-7,10,12-15,21H,4-5,8-9,11H2,1-3H3,(H2,25,26,28);6-7,9H,3-5H2,1-2H3;3-5,7,9H,2,6,11H2,1H3;1H/t21-;;9-;/m1.1./s1. The molecule has 2 amide bonds. The van der Waals surface area contributed by atoms with Gasteiger partial charge in [-0.2, -0.15) is 4.99 Å². The molecule has 0 fully saturated rings. The van der Waals surface area contributed by atoms with E-state index in [1.54, 1.807) is 50.8 Å². The van der Waals surface area contributed by atoms with Gasteiger partial charge in [-0.1, -0.05) is 52.0 Å². The lowest BCUT2D eigenvalue weighted by atomic mass is 9.96. The number of rotatable bonds is 13. The molecule has 0 radical (unpaired) electrons. The maximum atomic E-state index is 12.8. The Balaban J connectivity index is 0.000000260. The first-order chi connectivity index (χ1) is 27.9. The number of aryl methyl sites for hydroxylation is 4. The highest BCUT2D eigenvalue weighted by Gasteiger charge is 2.24. The number of carbonyl (C=O) groups excluding carboxylic acids is 4. The van der Waals surface area contributed by atoms with Crippen molar-refractivity contribution in [2.45, 2.75) is 117 Å². The molecule has 13 heteroatoms. The molecule has 2 aliphatic rings. The van der Waals surface area contributed by atoms with Crippen LogP contribution in [-0.4, -0.2) is 59.3 Å². The number of pyridine rings is 2. The predicted molar refractivity (Wildman–Crippen MR) is 233 cm³/mol. The quantitative estimate of drug-likeness (QED) is 0.0682. The Morgan fingerprint density at radius 2 is 1.27 bits per heavy atom. The molecule has 2 aromatic carbocycles. The van der Waals surface area contributed by atoms with Crippen LogP contribution >= 0.6 is 12.4 Å². The average molecular weight is 827 g/mol. The largest absolute Gasteiger partial charge is 0.465 e. The monoisotopic (exact) mass is 826 g/mol. The Hall–Kier alpha value is -5.42. The summed E-state index contributed by atoms with van der Waals surface area (Å²) < 4.78 is 9.94. The first-order valence-electron chi connectivity index (χ1n) is 20.3. The van der Waals surface area contributed by atoms with Gasteiger partial charge in [0.25, 0.3) is 0 Å². The first kappa shape index (κ1) is 48.0. The zero-order valence-electron chi connectivity index (χ0n) is 35.1. The maximum Gasteiger partial charge on any atom is 0.329 e. The number of nitrogens with zero attached hydrogens (tertiary/aromatic N) is 3. The van der Waals surface area contributed by atoms with Gasteiger partial charge in [-0.15, -0.1) is 12.4 Å². The molecule has 2 aromatic heterocycles. The zero-order valence-corrected chi connectivity index (χ0v) is 35.9. The van der Waals surface area contributed by atoms with Crippen LogP contribution in [0.2, 0.25) is 0 Å². The molecule has 12 nitrogen and oxygen atoms in total. The normalized spacial score (nSPS) is 13.1. The van der Waals surface area contributed by atoms with Crippen molar-refractivity contribution in [1.29, 1.82) is 0 Å². The van der Waals surface area contributed by atoms with Gasteiger partial charge in [0.1, 0.15) is 12.1 Å². The van der Waals surface area contributed by atoms with Crippen LogP contribution in [0, 0.1) is 0 Å². The van der Waals surface area contributed by atoms with Gasteiger partial charge in [0, 0.05) is 36.9 Å². The van der Waals surface area contributed by atoms with Crippen LogP contribution < -0.4 is 16.4 Å². The van der Waals surface area contributed by atoms with Crippen molar-refractivity contribution in [1.82, 2.24) is 15.3 Å². The highest BCUT2D eigenvalue weighted by Crippen LogP contribution is 2.34. The number of isocyanates is 1. The number of benzene rings is 2. The second kappa shape index (κ2) is 24.5. The fraction of sp³-hybridized carbons (Fsp3) is 0.435. The lowest BCUT2D eigenvalue weighted by molar-refractivity contribution is -0.145. The van der Waals surface area contributed by atoms with Crippen LogP contribution in [0.4, 0.5) is 16.2 Å². The number of hydrogen-bond donors (Lipinski definition) is 3. The van der Waals surface area contributed by atoms with Gasteiger partial charge in [-0.3, -0.25) is 14.8 Å². The van der Waals surface area contributed by atoms with Gasteiger partial charge in [-0.05, 0) is 139 Å². The number of urea groups is 1. The van der Waals surface area contributed by atoms with Crippen molar-refractivity contribution in [2.75, 3.05) is 18.5 Å². The second-order valence-electron chi connectivity index (χ2n) is 15.0. The molecule has 59 heavy (non-hydrogen) atoms. The summed E-state index contributed by atoms with van der Waals surface area (Å²) in [6.45, 7) is 12.6. The van der Waals surface area contributed by atoms with Crippen LogP contribution in [0.5, 0.6) is 0 Å². The minimum Gasteiger partial charge on any atom is -0.465 e. The van der Waals surface area contributed by atoms with Gasteiger partial charge >= 0.3 is 18.0 Å². The number of aromatic nitrogens is 2. The lowest BCUT2D eigenvalue weighted by Crippen LogP contribution is -2.45. The van der Waals surface area contributed by atoms with E-state index in [-0.39, 0.29) is 30.9 Å². The van der Waals surface area contributed by atoms with E-state index in [1.807, 2.05) is 18.2 Å². The molecule has 0 saturated heterocycles. The smallest absolute Gasteiger partial charge is 0.329 e. The summed E-state index contributed by atoms with van der Waals surface area (Å²) in [5, 5.41) is 5.74. The fourth-order valence-corrected chi connectivity index (χ4v) is 7.08. The topological polar surface area (TPSA) is 175 Å². The molecule has 2 atom stereocenters. The number of esters is 2. The third-order valence-electron chi connectivity index (χ3n) is 9.97. The first-order valence-corrected chi connectivity index (χ1v) is 20.3. The number of nitrogens with two attached hydrogens (primary N) is 1. The Kier molecular flexibility index (Phi) is 19.9. The van der Waals surface area contributed by atoms with E-state index in [1.165, 1.54) is 40.7 Å². The molecule has 316 valence electrons. The molecule has 2 heterocycles. The summed E-state index contributed by atoms with van der Waals surface area (Å²) in [6.07, 6.45) is 16.0. The number of anilines is 1. The van der Waals surface area contributed by atoms with Crippen molar-refractivity contribution in [3.05, 3.63) is 118 Å². The van der Waals surface area contributed by atoms with E-state index < -0.39 is 24.1 Å². The molecule has 0 bridgehead atoms. The van der Waals surface area contributed by atoms with E-state index in [0.717, 1.165) is 53.7 Å². The highest BCUT2D eigenvalue weighted by molar-refractivity contribution is 5.93. The van der Waals surface area contributed by atoms with Crippen LogP contribution in [0.25, 0.3) is 0 Å². The van der Waals surface area contributed by atoms with Crippen molar-refractivity contribution in [2.24, 2.45) is 10.7 Å². The minimum absolute atomic E-state index is 0. The summed E-state index contributed by atoms with van der Waals surface area (Å²) in [6, 6.07) is 14.1. The summed E-state index contributed by atoms with van der Waals surface area (Å²) in [5.41, 5.74) is 16.8. The highest BCUT2D eigenvalue weighted by atomic mass is 35.5. The maximum absolute atomic E-state index is 12.8. The molecule has 2 aliphatic carbocycles. The third kappa shape index (κ3) is 14.7. The van der Waals surface area contributed by atoms with E-state index >= 15 is 0 Å². The lowest BCUT2D eigenvalue weighted by Gasteiger charge is -2.20. The van der Waals surface area contributed by atoms with E-state index in [0.29, 0.717) is 25.4 Å². The molecular formula is C46H59ClN6O6. The van der Waals surface area contributed by atoms with E-state index in [2.05, 4.69) is 77.6 Å². The number of fused-ring (bicyclic) bond motifs is 2. The molecule has 4 aromatic rings. The van der Waals surface area contributed by atoms with Crippen molar-refractivity contribution in [3.8, 4) is 0 Å². The third-order valence-corrected chi connectivity index (χ3v) is 9.97. The number of halogens is 1. The number of carbonyl (C=O) groups is 3. The fourth-order valence-electron chi connectivity index (χ4n) is 7.08. The number of hydrogen-bond acceptors (Lipinski definition) is 10. The van der Waals surface area contributed by atoms with Gasteiger partial charge in [0.15, 0.2) is 0 Å². The Bertz CT molecular complexity index is 2020. The number of ether oxygens (including phenoxy) is 2. The Morgan fingerprint density at radius 1 is 0.763 bits per heavy atom. The average Bonchev–Trinajstić information content (AvgIpc) is 3.87. The van der Waals surface area contributed by atoms with E-state index in [9.17, 15) is 19.2 Å². The summed E-state index contributed by atoms with van der Waals surface area (Å²) in [4.78, 5) is 58.5. The van der Waals surface area contributed by atoms with Gasteiger partial charge < -0.3 is 25.8 Å². The number of amides is 2. The summed E-state index contributed by atoms with van der Waals surface area (Å²) >= 11 is 0. The number of nitrogens with one attached hydrogen (secondary N) is 2. The zero-order chi connectivity index (χ0) is 42.0. The molecular weight excluding hydrogens is 768 g/mol. The molecule has 0 unspecified atom stereocenters. The molecule has 0 saturated carbocycles. The van der Waals surface area contributed by atoms with Crippen molar-refractivity contribution >= 4 is 47.8 Å². The van der Waals surface area contributed by atoms with E-state index in [4.69, 9.17) is 15.2 Å². The summed E-state index contributed by atoms with van der Waals surface area (Å²) in [7, 11) is 0. The van der Waals surface area contributed by atoms with Gasteiger partial charge in [0.05, 0.1) is 18.9 Å². The van der Waals surface area contributed by atoms with Crippen LogP contribution in [0.1, 0.15) is 111 Å². The Morgan fingerprint density at radius 3 is 1.78 bits per heavy atom. The van der Waals surface area contributed by atoms with Crippen LogP contribution in [0.3, 0.4) is 0 Å². The Labute approximate surface area is 354 Å². The molecule has 4 N–H and O–H groups in total. The molecule has 0 spiro atoms. The second-order valence-corrected chi connectivity index (χ2v) is 15.0. The van der Waals surface area contributed by atoms with Gasteiger partial charge in [0.2, 0.25) is 6.08 Å². The van der Waals surface area contributed by atoms with Crippen LogP contribution in [-0.2, 0) is 62.4 Å². The number of aliphatic imine (C=N–C) groups is 1. The minimum atomic E-state index is -0.781. The molecule has 0 aliphatic heterocycles. The molecule has 6 rings (SSSR count). The SMILES string of the molecule is CC(C)c1cc2c(cc1N=C=O)CCC2.CCOC(=O)[C@@H](Cc1cccnc1)NC(=O)Nc1cc2c(cc1C(C)C)CCC2.CCOC(=O)[C@H](N)Cc1cccnc1.Cl. The van der Waals surface area contributed by atoms with Crippen molar-refractivity contribution in [3.63, 3.8) is 0 Å². The van der Waals surface area contributed by atoms with Crippen LogP contribution in [0.15, 0.2) is 78.3 Å². The van der Waals surface area contributed by atoms with Crippen molar-refractivity contribution < 1.29 is 28.7 Å². The predicted octanol–water partition coefficient (Wildman–Crippen LogP) is 8.19. The summed E-state index contributed by atoms with van der Waals surface area (Å²) in [5.74, 6) is -0.128.